The molecule has 5 heteroatoms. The number of carbonyl (C=O) groups excluding carboxylic acids is 1. The molecule has 146 valence electrons. The lowest BCUT2D eigenvalue weighted by Crippen LogP contribution is -2.20. The summed E-state index contributed by atoms with van der Waals surface area (Å²) in [4.78, 5) is 12.2. The Hall–Kier alpha value is -3.78. The summed E-state index contributed by atoms with van der Waals surface area (Å²) < 4.78 is 11.3. The third kappa shape index (κ3) is 5.85. The second kappa shape index (κ2) is 9.43. The van der Waals surface area contributed by atoms with Crippen molar-refractivity contribution in [2.24, 2.45) is 0 Å². The average Bonchev–Trinajstić information content (AvgIpc) is 2.73. The van der Waals surface area contributed by atoms with E-state index in [9.17, 15) is 4.79 Å². The van der Waals surface area contributed by atoms with E-state index in [1.165, 1.54) is 5.56 Å². The van der Waals surface area contributed by atoms with Gasteiger partial charge in [-0.2, -0.15) is 5.26 Å². The first kappa shape index (κ1) is 20.0. The first-order chi connectivity index (χ1) is 14.0. The van der Waals surface area contributed by atoms with Gasteiger partial charge in [0.2, 0.25) is 0 Å². The lowest BCUT2D eigenvalue weighted by atomic mass is 10.1. The molecule has 1 N–H and O–H groups in total. The van der Waals surface area contributed by atoms with Gasteiger partial charge in [0.15, 0.2) is 6.61 Å². The number of carbonyl (C=O) groups is 1. The molecule has 0 spiro atoms. The molecular weight excluding hydrogens is 364 g/mol. The van der Waals surface area contributed by atoms with E-state index in [0.29, 0.717) is 29.4 Å². The Morgan fingerprint density at radius 3 is 2.52 bits per heavy atom. The first-order valence-corrected chi connectivity index (χ1v) is 9.25. The zero-order valence-electron chi connectivity index (χ0n) is 16.4. The molecule has 3 aromatic rings. The number of nitriles is 1. The van der Waals surface area contributed by atoms with Gasteiger partial charge in [-0.05, 0) is 66.9 Å². The number of nitrogens with zero attached hydrogens (tertiary/aromatic N) is 1. The van der Waals surface area contributed by atoms with Gasteiger partial charge < -0.3 is 14.8 Å². The second-order valence-corrected chi connectivity index (χ2v) is 6.71. The van der Waals surface area contributed by atoms with Crippen LogP contribution in [0.15, 0.2) is 66.7 Å². The fraction of sp³-hybridized carbons (Fsp3) is 0.167. The summed E-state index contributed by atoms with van der Waals surface area (Å²) in [6.07, 6.45) is 0. The summed E-state index contributed by atoms with van der Waals surface area (Å²) in [5.74, 6) is 1.04. The number of benzene rings is 3. The molecule has 0 saturated heterocycles. The van der Waals surface area contributed by atoms with Crippen molar-refractivity contribution in [2.45, 2.75) is 20.5 Å². The van der Waals surface area contributed by atoms with Crippen LogP contribution in [0.2, 0.25) is 0 Å². The molecular formula is C24H22N2O3. The van der Waals surface area contributed by atoms with Crippen molar-refractivity contribution in [3.05, 3.63) is 89.0 Å². The number of ether oxygens (including phenoxy) is 2. The predicted octanol–water partition coefficient (Wildman–Crippen LogP) is 4.77. The van der Waals surface area contributed by atoms with Crippen LogP contribution in [0.5, 0.6) is 11.5 Å². The van der Waals surface area contributed by atoms with E-state index in [0.717, 1.165) is 11.1 Å². The van der Waals surface area contributed by atoms with Gasteiger partial charge in [-0.1, -0.05) is 24.3 Å². The number of nitrogens with one attached hydrogen (secondary N) is 1. The van der Waals surface area contributed by atoms with Crippen LogP contribution in [0.3, 0.4) is 0 Å². The summed E-state index contributed by atoms with van der Waals surface area (Å²) in [5, 5.41) is 11.8. The smallest absolute Gasteiger partial charge is 0.262 e. The Labute approximate surface area is 170 Å². The number of hydrogen-bond acceptors (Lipinski definition) is 4. The van der Waals surface area contributed by atoms with Crippen molar-refractivity contribution in [1.82, 2.24) is 0 Å². The molecule has 29 heavy (non-hydrogen) atoms. The largest absolute Gasteiger partial charge is 0.489 e. The monoisotopic (exact) mass is 386 g/mol. The number of rotatable bonds is 7. The summed E-state index contributed by atoms with van der Waals surface area (Å²) in [6.45, 7) is 4.29. The second-order valence-electron chi connectivity index (χ2n) is 6.71. The van der Waals surface area contributed by atoms with E-state index in [2.05, 4.69) is 11.4 Å². The third-order valence-corrected chi connectivity index (χ3v) is 4.43. The normalized spacial score (nSPS) is 10.1. The van der Waals surface area contributed by atoms with Gasteiger partial charge in [-0.25, -0.2) is 0 Å². The molecule has 0 aliphatic heterocycles. The van der Waals surface area contributed by atoms with Gasteiger partial charge in [0, 0.05) is 11.8 Å². The van der Waals surface area contributed by atoms with Crippen molar-refractivity contribution in [2.75, 3.05) is 11.9 Å². The minimum absolute atomic E-state index is 0.0749. The predicted molar refractivity (Wildman–Crippen MR) is 112 cm³/mol. The number of anilines is 1. The minimum Gasteiger partial charge on any atom is -0.489 e. The summed E-state index contributed by atoms with van der Waals surface area (Å²) in [5.41, 5.74) is 4.42. The van der Waals surface area contributed by atoms with Crippen molar-refractivity contribution in [3.63, 3.8) is 0 Å². The van der Waals surface area contributed by atoms with E-state index in [-0.39, 0.29) is 12.5 Å². The number of hydrogen-bond donors (Lipinski definition) is 1. The molecule has 0 aliphatic carbocycles. The fourth-order valence-corrected chi connectivity index (χ4v) is 2.71. The third-order valence-electron chi connectivity index (χ3n) is 4.43. The first-order valence-electron chi connectivity index (χ1n) is 9.25. The topological polar surface area (TPSA) is 71.3 Å². The van der Waals surface area contributed by atoms with Crippen LogP contribution >= 0.6 is 0 Å². The zero-order chi connectivity index (χ0) is 20.6. The van der Waals surface area contributed by atoms with Crippen molar-refractivity contribution < 1.29 is 14.3 Å². The molecule has 5 nitrogen and oxygen atoms in total. The Bertz CT molecular complexity index is 1050. The molecule has 0 unspecified atom stereocenters. The van der Waals surface area contributed by atoms with Crippen LogP contribution in [-0.2, 0) is 11.4 Å². The van der Waals surface area contributed by atoms with E-state index in [1.807, 2.05) is 50.2 Å². The van der Waals surface area contributed by atoms with Crippen molar-refractivity contribution in [3.8, 4) is 17.6 Å². The highest BCUT2D eigenvalue weighted by Gasteiger charge is 2.06. The highest BCUT2D eigenvalue weighted by Crippen LogP contribution is 2.20. The van der Waals surface area contributed by atoms with E-state index >= 15 is 0 Å². The van der Waals surface area contributed by atoms with Crippen LogP contribution in [0.4, 0.5) is 5.69 Å². The van der Waals surface area contributed by atoms with E-state index in [1.54, 1.807) is 30.3 Å². The standard InChI is InChI=1S/C24H22N2O3/c1-17-9-10-23(11-18(17)2)29-16-24(27)26-21-7-4-8-22(13-21)28-15-20-6-3-5-19(12-20)14-25/h3-13H,15-16H2,1-2H3,(H,26,27). The molecule has 0 aromatic heterocycles. The van der Waals surface area contributed by atoms with Crippen molar-refractivity contribution in [1.29, 1.82) is 5.26 Å². The molecule has 0 radical (unpaired) electrons. The van der Waals surface area contributed by atoms with Gasteiger partial charge in [-0.15, -0.1) is 0 Å². The zero-order valence-corrected chi connectivity index (χ0v) is 16.4. The maximum absolute atomic E-state index is 12.2. The minimum atomic E-state index is -0.248. The Morgan fingerprint density at radius 2 is 1.72 bits per heavy atom. The molecule has 3 rings (SSSR count). The summed E-state index contributed by atoms with van der Waals surface area (Å²) >= 11 is 0. The molecule has 3 aromatic carbocycles. The molecule has 0 fully saturated rings. The summed E-state index contributed by atoms with van der Waals surface area (Å²) in [7, 11) is 0. The van der Waals surface area contributed by atoms with Crippen LogP contribution in [0, 0.1) is 25.2 Å². The molecule has 0 saturated carbocycles. The molecule has 0 aliphatic rings. The van der Waals surface area contributed by atoms with Gasteiger partial charge >= 0.3 is 0 Å². The molecule has 1 amide bonds. The van der Waals surface area contributed by atoms with E-state index < -0.39 is 0 Å². The van der Waals surface area contributed by atoms with Gasteiger partial charge in [-0.3, -0.25) is 4.79 Å². The van der Waals surface area contributed by atoms with Crippen LogP contribution in [0.1, 0.15) is 22.3 Å². The highest BCUT2D eigenvalue weighted by molar-refractivity contribution is 5.92. The van der Waals surface area contributed by atoms with E-state index in [4.69, 9.17) is 14.7 Å². The fourth-order valence-electron chi connectivity index (χ4n) is 2.71. The maximum Gasteiger partial charge on any atom is 0.262 e. The van der Waals surface area contributed by atoms with Crippen LogP contribution in [0.25, 0.3) is 0 Å². The molecule has 0 bridgehead atoms. The Kier molecular flexibility index (Phi) is 6.49. The highest BCUT2D eigenvalue weighted by atomic mass is 16.5. The van der Waals surface area contributed by atoms with Gasteiger partial charge in [0.1, 0.15) is 18.1 Å². The van der Waals surface area contributed by atoms with Crippen LogP contribution in [-0.4, -0.2) is 12.5 Å². The lowest BCUT2D eigenvalue weighted by Gasteiger charge is -2.11. The maximum atomic E-state index is 12.2. The Balaban J connectivity index is 1.54. The Morgan fingerprint density at radius 1 is 0.931 bits per heavy atom. The number of amides is 1. The molecule has 0 heterocycles. The van der Waals surface area contributed by atoms with Gasteiger partial charge in [0.25, 0.3) is 5.91 Å². The molecule has 0 atom stereocenters. The quantitative estimate of drug-likeness (QED) is 0.635. The summed E-state index contributed by atoms with van der Waals surface area (Å²) in [6, 6.07) is 22.3. The SMILES string of the molecule is Cc1ccc(OCC(=O)Nc2cccc(OCc3cccc(C#N)c3)c2)cc1C. The average molecular weight is 386 g/mol. The lowest BCUT2D eigenvalue weighted by molar-refractivity contribution is -0.118. The van der Waals surface area contributed by atoms with Crippen molar-refractivity contribution >= 4 is 11.6 Å². The van der Waals surface area contributed by atoms with Gasteiger partial charge in [0.05, 0.1) is 11.6 Å². The van der Waals surface area contributed by atoms with Crippen LogP contribution < -0.4 is 14.8 Å². The number of aryl methyl sites for hydroxylation is 2.